The van der Waals surface area contributed by atoms with E-state index in [4.69, 9.17) is 4.74 Å². The monoisotopic (exact) mass is 293 g/mol. The molecule has 0 aromatic heterocycles. The minimum Gasteiger partial charge on any atom is -0.497 e. The summed E-state index contributed by atoms with van der Waals surface area (Å²) in [5.41, 5.74) is 4.49. The van der Waals surface area contributed by atoms with Crippen LogP contribution < -0.4 is 4.74 Å². The summed E-state index contributed by atoms with van der Waals surface area (Å²) < 4.78 is 5.26. The van der Waals surface area contributed by atoms with E-state index in [1.165, 1.54) is 18.4 Å². The molecule has 22 heavy (non-hydrogen) atoms. The van der Waals surface area contributed by atoms with Crippen molar-refractivity contribution in [3.8, 4) is 5.75 Å². The lowest BCUT2D eigenvalue weighted by molar-refractivity contribution is 0.0722. The van der Waals surface area contributed by atoms with Crippen LogP contribution in [0.5, 0.6) is 5.75 Å². The molecular weight excluding hydrogens is 270 g/mol. The summed E-state index contributed by atoms with van der Waals surface area (Å²) >= 11 is 0. The van der Waals surface area contributed by atoms with E-state index >= 15 is 0 Å². The Hall–Kier alpha value is -1.80. The van der Waals surface area contributed by atoms with Gasteiger partial charge in [-0.05, 0) is 47.6 Å². The van der Waals surface area contributed by atoms with Crippen molar-refractivity contribution in [2.75, 3.05) is 7.11 Å². The number of rotatable bonds is 3. The first-order valence-corrected chi connectivity index (χ1v) is 8.23. The molecule has 2 heteroatoms. The average Bonchev–Trinajstić information content (AvgIpc) is 2.73. The van der Waals surface area contributed by atoms with Gasteiger partial charge in [0, 0.05) is 18.6 Å². The van der Waals surface area contributed by atoms with Gasteiger partial charge < -0.3 is 4.74 Å². The van der Waals surface area contributed by atoms with Crippen LogP contribution in [0.2, 0.25) is 0 Å². The highest BCUT2D eigenvalue weighted by molar-refractivity contribution is 5.39. The van der Waals surface area contributed by atoms with Crippen molar-refractivity contribution in [1.82, 2.24) is 4.90 Å². The Morgan fingerprint density at radius 3 is 2.09 bits per heavy atom. The van der Waals surface area contributed by atoms with Gasteiger partial charge in [-0.25, -0.2) is 0 Å². The highest BCUT2D eigenvalue weighted by Crippen LogP contribution is 2.52. The molecule has 2 bridgehead atoms. The Kier molecular flexibility index (Phi) is 3.42. The first-order chi connectivity index (χ1) is 10.8. The number of fused-ring (bicyclic) bond motifs is 5. The van der Waals surface area contributed by atoms with Crippen LogP contribution >= 0.6 is 0 Å². The molecule has 2 aromatic rings. The maximum absolute atomic E-state index is 5.26. The highest BCUT2D eigenvalue weighted by Gasteiger charge is 2.42. The van der Waals surface area contributed by atoms with E-state index in [0.29, 0.717) is 12.1 Å². The van der Waals surface area contributed by atoms with E-state index < -0.39 is 0 Å². The minimum absolute atomic E-state index is 0.590. The van der Waals surface area contributed by atoms with Crippen LogP contribution in [0.3, 0.4) is 0 Å². The fourth-order valence-corrected chi connectivity index (χ4v) is 4.24. The molecule has 0 radical (unpaired) electrons. The summed E-state index contributed by atoms with van der Waals surface area (Å²) in [4.78, 5) is 2.70. The molecule has 2 atom stereocenters. The van der Waals surface area contributed by atoms with E-state index in [9.17, 15) is 0 Å². The summed E-state index contributed by atoms with van der Waals surface area (Å²) in [6, 6.07) is 18.7. The quantitative estimate of drug-likeness (QED) is 0.811. The molecule has 0 amide bonds. The van der Waals surface area contributed by atoms with Crippen LogP contribution in [0.1, 0.15) is 48.5 Å². The lowest BCUT2D eigenvalue weighted by Crippen LogP contribution is -2.32. The summed E-state index contributed by atoms with van der Waals surface area (Å²) in [5, 5.41) is 0. The highest BCUT2D eigenvalue weighted by atomic mass is 16.5. The molecule has 1 fully saturated rings. The second-order valence-electron chi connectivity index (χ2n) is 6.76. The van der Waals surface area contributed by atoms with Gasteiger partial charge in [-0.1, -0.05) is 43.3 Å². The van der Waals surface area contributed by atoms with E-state index in [2.05, 4.69) is 60.4 Å². The number of ether oxygens (including phenoxy) is 1. The maximum Gasteiger partial charge on any atom is 0.118 e. The molecule has 2 unspecified atom stereocenters. The van der Waals surface area contributed by atoms with Crippen molar-refractivity contribution in [2.24, 2.45) is 5.92 Å². The van der Waals surface area contributed by atoms with Gasteiger partial charge in [-0.3, -0.25) is 4.90 Å². The van der Waals surface area contributed by atoms with Crippen LogP contribution in [0.25, 0.3) is 0 Å². The predicted octanol–water partition coefficient (Wildman–Crippen LogP) is 4.72. The minimum atomic E-state index is 0.590. The van der Waals surface area contributed by atoms with Gasteiger partial charge in [0.05, 0.1) is 7.11 Å². The van der Waals surface area contributed by atoms with Crippen molar-refractivity contribution in [1.29, 1.82) is 0 Å². The van der Waals surface area contributed by atoms with Gasteiger partial charge in [0.2, 0.25) is 0 Å². The first kappa shape index (κ1) is 13.8. The number of piperidine rings is 1. The zero-order chi connectivity index (χ0) is 15.1. The van der Waals surface area contributed by atoms with Crippen molar-refractivity contribution in [3.63, 3.8) is 0 Å². The Labute approximate surface area is 132 Å². The average molecular weight is 293 g/mol. The Bertz CT molecular complexity index is 631. The van der Waals surface area contributed by atoms with Gasteiger partial charge in [0.15, 0.2) is 0 Å². The van der Waals surface area contributed by atoms with Gasteiger partial charge in [-0.15, -0.1) is 0 Å². The standard InChI is InChI=1S/C20H23NO/c1-14-11-19-17-5-3-4-6-18(17)20(12-14)21(19)13-15-7-9-16(22-2)10-8-15/h3-10,14,19-20H,11-13H2,1-2H3. The number of benzene rings is 2. The lowest BCUT2D eigenvalue weighted by Gasteiger charge is -2.38. The van der Waals surface area contributed by atoms with Gasteiger partial charge in [0.25, 0.3) is 0 Å². The molecule has 2 aromatic carbocycles. The second kappa shape index (κ2) is 5.44. The lowest BCUT2D eigenvalue weighted by atomic mass is 9.90. The fourth-order valence-electron chi connectivity index (χ4n) is 4.24. The zero-order valence-electron chi connectivity index (χ0n) is 13.3. The first-order valence-electron chi connectivity index (χ1n) is 8.23. The van der Waals surface area contributed by atoms with Crippen molar-refractivity contribution < 1.29 is 4.74 Å². The predicted molar refractivity (Wildman–Crippen MR) is 88.9 cm³/mol. The van der Waals surface area contributed by atoms with Crippen LogP contribution in [0, 0.1) is 5.92 Å². The summed E-state index contributed by atoms with van der Waals surface area (Å²) in [7, 11) is 1.72. The fraction of sp³-hybridized carbons (Fsp3) is 0.400. The van der Waals surface area contributed by atoms with Crippen molar-refractivity contribution >= 4 is 0 Å². The smallest absolute Gasteiger partial charge is 0.118 e. The third kappa shape index (κ3) is 2.22. The third-order valence-corrected chi connectivity index (χ3v) is 5.29. The molecule has 0 aliphatic carbocycles. The Balaban J connectivity index is 1.63. The summed E-state index contributed by atoms with van der Waals surface area (Å²) in [6.07, 6.45) is 2.56. The Morgan fingerprint density at radius 1 is 0.955 bits per heavy atom. The summed E-state index contributed by atoms with van der Waals surface area (Å²) in [5.74, 6) is 1.75. The zero-order valence-corrected chi connectivity index (χ0v) is 13.3. The van der Waals surface area contributed by atoms with Crippen LogP contribution in [-0.4, -0.2) is 12.0 Å². The number of nitrogens with zero attached hydrogens (tertiary/aromatic N) is 1. The van der Waals surface area contributed by atoms with Crippen LogP contribution in [0.15, 0.2) is 48.5 Å². The maximum atomic E-state index is 5.26. The second-order valence-corrected chi connectivity index (χ2v) is 6.76. The molecule has 2 nitrogen and oxygen atoms in total. The third-order valence-electron chi connectivity index (χ3n) is 5.29. The number of methoxy groups -OCH3 is 1. The molecule has 114 valence electrons. The molecule has 2 heterocycles. The van der Waals surface area contributed by atoms with Crippen LogP contribution in [-0.2, 0) is 6.54 Å². The van der Waals surface area contributed by atoms with Gasteiger partial charge >= 0.3 is 0 Å². The number of hydrogen-bond acceptors (Lipinski definition) is 2. The number of hydrogen-bond donors (Lipinski definition) is 0. The molecule has 0 saturated carbocycles. The van der Waals surface area contributed by atoms with Crippen LogP contribution in [0.4, 0.5) is 0 Å². The van der Waals surface area contributed by atoms with Crippen molar-refractivity contribution in [2.45, 2.75) is 38.4 Å². The van der Waals surface area contributed by atoms with E-state index in [-0.39, 0.29) is 0 Å². The molecule has 2 aliphatic rings. The Morgan fingerprint density at radius 2 is 1.55 bits per heavy atom. The molecular formula is C20H23NO. The van der Waals surface area contributed by atoms with E-state index in [1.54, 1.807) is 18.2 Å². The summed E-state index contributed by atoms with van der Waals surface area (Å²) in [6.45, 7) is 3.43. The molecule has 0 spiro atoms. The van der Waals surface area contributed by atoms with E-state index in [0.717, 1.165) is 18.2 Å². The molecule has 4 rings (SSSR count). The normalized spacial score (nSPS) is 26.7. The van der Waals surface area contributed by atoms with E-state index in [1.807, 2.05) is 0 Å². The van der Waals surface area contributed by atoms with Gasteiger partial charge in [-0.2, -0.15) is 0 Å². The molecule has 1 saturated heterocycles. The van der Waals surface area contributed by atoms with Gasteiger partial charge in [0.1, 0.15) is 5.75 Å². The van der Waals surface area contributed by atoms with Crippen molar-refractivity contribution in [3.05, 3.63) is 65.2 Å². The molecule has 2 aliphatic heterocycles. The largest absolute Gasteiger partial charge is 0.497 e. The topological polar surface area (TPSA) is 12.5 Å². The SMILES string of the molecule is COc1ccc(CN2C3CC(C)CC2c2ccccc23)cc1. The molecule has 0 N–H and O–H groups in total.